The number of carbonyl (C=O) groups is 1. The predicted octanol–water partition coefficient (Wildman–Crippen LogP) is 3.73. The minimum absolute atomic E-state index is 0.198. The molecule has 0 radical (unpaired) electrons. The molecular formula is C13H26ClNO. The van der Waals surface area contributed by atoms with Crippen LogP contribution in [-0.2, 0) is 4.79 Å². The van der Waals surface area contributed by atoms with Gasteiger partial charge in [0.1, 0.15) is 0 Å². The van der Waals surface area contributed by atoms with Gasteiger partial charge in [0.2, 0.25) is 5.91 Å². The number of alkyl halides is 1. The molecule has 0 aliphatic carbocycles. The third-order valence-corrected chi connectivity index (χ3v) is 3.16. The van der Waals surface area contributed by atoms with E-state index in [0.717, 1.165) is 25.8 Å². The van der Waals surface area contributed by atoms with E-state index in [4.69, 9.17) is 11.6 Å². The van der Waals surface area contributed by atoms with Gasteiger partial charge in [-0.05, 0) is 18.8 Å². The first-order valence-electron chi connectivity index (χ1n) is 6.57. The van der Waals surface area contributed by atoms with Gasteiger partial charge in [0.25, 0.3) is 0 Å². The zero-order valence-corrected chi connectivity index (χ0v) is 11.5. The second-order valence-corrected chi connectivity index (χ2v) is 4.74. The Morgan fingerprint density at radius 1 is 1.25 bits per heavy atom. The number of amides is 1. The zero-order valence-electron chi connectivity index (χ0n) is 10.7. The molecule has 3 heteroatoms. The van der Waals surface area contributed by atoms with Crippen LogP contribution in [0.5, 0.6) is 0 Å². The van der Waals surface area contributed by atoms with Crippen LogP contribution in [0.15, 0.2) is 0 Å². The summed E-state index contributed by atoms with van der Waals surface area (Å²) in [5, 5.41) is 3.00. The lowest BCUT2D eigenvalue weighted by molar-refractivity contribution is -0.121. The average molecular weight is 248 g/mol. The summed E-state index contributed by atoms with van der Waals surface area (Å²) in [5.41, 5.74) is 0. The van der Waals surface area contributed by atoms with E-state index in [9.17, 15) is 4.79 Å². The number of unbranched alkanes of at least 4 members (excludes halogenated alkanes) is 3. The highest BCUT2D eigenvalue weighted by atomic mass is 35.5. The third-order valence-electron chi connectivity index (χ3n) is 2.94. The van der Waals surface area contributed by atoms with Crippen molar-refractivity contribution in [2.45, 2.75) is 58.8 Å². The SMILES string of the molecule is CCCCCCC(=O)NCC(CC)CCCl. The number of rotatable bonds is 10. The van der Waals surface area contributed by atoms with Gasteiger partial charge in [0, 0.05) is 18.8 Å². The minimum atomic E-state index is 0.198. The van der Waals surface area contributed by atoms with Crippen molar-refractivity contribution in [3.63, 3.8) is 0 Å². The molecule has 1 amide bonds. The molecule has 1 atom stereocenters. The minimum Gasteiger partial charge on any atom is -0.356 e. The molecule has 0 aromatic rings. The Morgan fingerprint density at radius 2 is 2.00 bits per heavy atom. The van der Waals surface area contributed by atoms with Crippen molar-refractivity contribution in [3.8, 4) is 0 Å². The van der Waals surface area contributed by atoms with Crippen molar-refractivity contribution in [2.24, 2.45) is 5.92 Å². The van der Waals surface area contributed by atoms with Crippen LogP contribution in [0.25, 0.3) is 0 Å². The monoisotopic (exact) mass is 247 g/mol. The summed E-state index contributed by atoms with van der Waals surface area (Å²) in [7, 11) is 0. The topological polar surface area (TPSA) is 29.1 Å². The molecule has 0 saturated carbocycles. The standard InChI is InChI=1S/C13H26ClNO/c1-3-5-6-7-8-13(16)15-11-12(4-2)9-10-14/h12H,3-11H2,1-2H3,(H,15,16). The Labute approximate surface area is 105 Å². The number of nitrogens with one attached hydrogen (secondary N) is 1. The molecule has 0 aromatic heterocycles. The van der Waals surface area contributed by atoms with Gasteiger partial charge >= 0.3 is 0 Å². The van der Waals surface area contributed by atoms with Crippen LogP contribution in [0.2, 0.25) is 0 Å². The number of hydrogen-bond acceptors (Lipinski definition) is 1. The lowest BCUT2D eigenvalue weighted by Crippen LogP contribution is -2.29. The quantitative estimate of drug-likeness (QED) is 0.463. The van der Waals surface area contributed by atoms with Crippen molar-refractivity contribution in [1.29, 1.82) is 0 Å². The van der Waals surface area contributed by atoms with E-state index in [0.29, 0.717) is 18.2 Å². The first-order chi connectivity index (χ1) is 7.74. The highest BCUT2D eigenvalue weighted by molar-refractivity contribution is 6.17. The normalized spacial score (nSPS) is 12.4. The lowest BCUT2D eigenvalue weighted by atomic mass is 10.0. The lowest BCUT2D eigenvalue weighted by Gasteiger charge is -2.14. The highest BCUT2D eigenvalue weighted by Crippen LogP contribution is 2.08. The van der Waals surface area contributed by atoms with E-state index < -0.39 is 0 Å². The maximum Gasteiger partial charge on any atom is 0.220 e. The summed E-state index contributed by atoms with van der Waals surface area (Å²) >= 11 is 5.70. The van der Waals surface area contributed by atoms with E-state index in [2.05, 4.69) is 19.2 Å². The molecule has 0 bridgehead atoms. The van der Waals surface area contributed by atoms with E-state index in [1.807, 2.05) is 0 Å². The maximum absolute atomic E-state index is 11.5. The van der Waals surface area contributed by atoms with Gasteiger partial charge in [-0.15, -0.1) is 11.6 Å². The first kappa shape index (κ1) is 15.8. The van der Waals surface area contributed by atoms with Gasteiger partial charge in [-0.2, -0.15) is 0 Å². The smallest absolute Gasteiger partial charge is 0.220 e. The van der Waals surface area contributed by atoms with E-state index in [1.165, 1.54) is 19.3 Å². The van der Waals surface area contributed by atoms with Gasteiger partial charge in [-0.3, -0.25) is 4.79 Å². The summed E-state index contributed by atoms with van der Waals surface area (Å²) in [4.78, 5) is 11.5. The summed E-state index contributed by atoms with van der Waals surface area (Å²) in [6, 6.07) is 0. The Morgan fingerprint density at radius 3 is 2.56 bits per heavy atom. The van der Waals surface area contributed by atoms with Crippen LogP contribution in [0.4, 0.5) is 0 Å². The van der Waals surface area contributed by atoms with Crippen LogP contribution < -0.4 is 5.32 Å². The van der Waals surface area contributed by atoms with Crippen molar-refractivity contribution in [3.05, 3.63) is 0 Å². The molecule has 0 aliphatic heterocycles. The van der Waals surface area contributed by atoms with Crippen molar-refractivity contribution in [1.82, 2.24) is 5.32 Å². The largest absolute Gasteiger partial charge is 0.356 e. The second kappa shape index (κ2) is 11.3. The van der Waals surface area contributed by atoms with Crippen molar-refractivity contribution in [2.75, 3.05) is 12.4 Å². The molecule has 0 fully saturated rings. The van der Waals surface area contributed by atoms with Crippen molar-refractivity contribution >= 4 is 17.5 Å². The number of hydrogen-bond donors (Lipinski definition) is 1. The zero-order chi connectivity index (χ0) is 12.2. The Hall–Kier alpha value is -0.240. The summed E-state index contributed by atoms with van der Waals surface area (Å²) < 4.78 is 0. The van der Waals surface area contributed by atoms with E-state index in [-0.39, 0.29) is 5.91 Å². The molecule has 0 saturated heterocycles. The Kier molecular flexibility index (Phi) is 11.1. The molecule has 0 aliphatic rings. The maximum atomic E-state index is 11.5. The molecular weight excluding hydrogens is 222 g/mol. The molecule has 16 heavy (non-hydrogen) atoms. The Balaban J connectivity index is 3.47. The summed E-state index contributed by atoms with van der Waals surface area (Å²) in [5.74, 6) is 1.42. The predicted molar refractivity (Wildman–Crippen MR) is 70.9 cm³/mol. The van der Waals surface area contributed by atoms with Crippen LogP contribution >= 0.6 is 11.6 Å². The molecule has 0 rings (SSSR count). The van der Waals surface area contributed by atoms with Crippen LogP contribution in [-0.4, -0.2) is 18.3 Å². The molecule has 96 valence electrons. The van der Waals surface area contributed by atoms with Crippen LogP contribution in [0.1, 0.15) is 58.8 Å². The summed E-state index contributed by atoms with van der Waals surface area (Å²) in [6.07, 6.45) is 7.40. The Bertz CT molecular complexity index is 173. The second-order valence-electron chi connectivity index (χ2n) is 4.37. The van der Waals surface area contributed by atoms with Gasteiger partial charge in [0.15, 0.2) is 0 Å². The molecule has 2 nitrogen and oxygen atoms in total. The van der Waals surface area contributed by atoms with Crippen molar-refractivity contribution < 1.29 is 4.79 Å². The fourth-order valence-corrected chi connectivity index (χ4v) is 1.97. The van der Waals surface area contributed by atoms with Gasteiger partial charge in [-0.25, -0.2) is 0 Å². The molecule has 0 aromatic carbocycles. The number of halogens is 1. The van der Waals surface area contributed by atoms with E-state index >= 15 is 0 Å². The molecule has 1 unspecified atom stereocenters. The van der Waals surface area contributed by atoms with Gasteiger partial charge in [-0.1, -0.05) is 39.5 Å². The molecule has 0 heterocycles. The first-order valence-corrected chi connectivity index (χ1v) is 7.10. The van der Waals surface area contributed by atoms with E-state index in [1.54, 1.807) is 0 Å². The van der Waals surface area contributed by atoms with Gasteiger partial charge in [0.05, 0.1) is 0 Å². The van der Waals surface area contributed by atoms with Crippen LogP contribution in [0, 0.1) is 5.92 Å². The number of carbonyl (C=O) groups excluding carboxylic acids is 1. The summed E-state index contributed by atoms with van der Waals surface area (Å²) in [6.45, 7) is 5.11. The fraction of sp³-hybridized carbons (Fsp3) is 0.923. The fourth-order valence-electron chi connectivity index (χ4n) is 1.66. The molecule has 0 spiro atoms. The third kappa shape index (κ3) is 9.02. The van der Waals surface area contributed by atoms with Gasteiger partial charge < -0.3 is 5.32 Å². The molecule has 1 N–H and O–H groups in total. The van der Waals surface area contributed by atoms with Crippen LogP contribution in [0.3, 0.4) is 0 Å². The average Bonchev–Trinajstić information content (AvgIpc) is 2.30. The highest BCUT2D eigenvalue weighted by Gasteiger charge is 2.07.